The van der Waals surface area contributed by atoms with Crippen LogP contribution >= 0.6 is 11.6 Å². The van der Waals surface area contributed by atoms with Gasteiger partial charge in [-0.1, -0.05) is 35.9 Å². The Hall–Kier alpha value is -2.53. The maximum atomic E-state index is 11.4. The van der Waals surface area contributed by atoms with Crippen LogP contribution in [0.1, 0.15) is 35.1 Å². The lowest BCUT2D eigenvalue weighted by atomic mass is 9.76. The molecule has 0 radical (unpaired) electrons. The van der Waals surface area contributed by atoms with Gasteiger partial charge in [0.1, 0.15) is 0 Å². The molecule has 134 valence electrons. The number of nitrogens with zero attached hydrogens (tertiary/aromatic N) is 1. The van der Waals surface area contributed by atoms with Gasteiger partial charge in [0.2, 0.25) is 0 Å². The average molecular weight is 371 g/mol. The van der Waals surface area contributed by atoms with E-state index in [2.05, 4.69) is 24.4 Å². The van der Waals surface area contributed by atoms with E-state index in [1.54, 1.807) is 12.1 Å². The zero-order chi connectivity index (χ0) is 18.4. The van der Waals surface area contributed by atoms with Crippen molar-refractivity contribution in [3.63, 3.8) is 0 Å². The minimum Gasteiger partial charge on any atom is -0.490 e. The van der Waals surface area contributed by atoms with E-state index in [0.29, 0.717) is 0 Å². The molecule has 2 aliphatic rings. The Bertz CT molecular complexity index is 926. The van der Waals surface area contributed by atoms with E-state index < -0.39 is 4.92 Å². The van der Waals surface area contributed by atoms with Crippen LogP contribution in [0.5, 0.6) is 5.75 Å². The summed E-state index contributed by atoms with van der Waals surface area (Å²) in [5, 5.41) is 15.8. The van der Waals surface area contributed by atoms with Crippen molar-refractivity contribution >= 4 is 23.0 Å². The fraction of sp³-hybridized carbons (Fsp3) is 0.300. The van der Waals surface area contributed by atoms with Gasteiger partial charge in [0.15, 0.2) is 5.75 Å². The molecule has 2 aromatic rings. The number of hydrogen-bond acceptors (Lipinski definition) is 4. The molecule has 1 N–H and O–H groups in total. The highest BCUT2D eigenvalue weighted by Gasteiger charge is 2.40. The van der Waals surface area contributed by atoms with Crippen molar-refractivity contribution in [3.8, 4) is 5.75 Å². The third kappa shape index (κ3) is 2.54. The number of fused-ring (bicyclic) bond motifs is 3. The molecule has 1 aliphatic heterocycles. The summed E-state index contributed by atoms with van der Waals surface area (Å²) in [5.41, 5.74) is 4.17. The second-order valence-electron chi connectivity index (χ2n) is 6.82. The molecule has 2 aromatic carbocycles. The molecule has 6 heteroatoms. The van der Waals surface area contributed by atoms with Crippen LogP contribution in [0.2, 0.25) is 5.02 Å². The van der Waals surface area contributed by atoms with Gasteiger partial charge in [0.05, 0.1) is 18.1 Å². The molecule has 4 rings (SSSR count). The van der Waals surface area contributed by atoms with Gasteiger partial charge in [0.25, 0.3) is 0 Å². The molecule has 0 fully saturated rings. The first kappa shape index (κ1) is 16.9. The molecule has 0 amide bonds. The van der Waals surface area contributed by atoms with Crippen LogP contribution in [0.25, 0.3) is 0 Å². The molecule has 3 unspecified atom stereocenters. The first-order chi connectivity index (χ1) is 12.5. The van der Waals surface area contributed by atoms with Crippen LogP contribution in [0.15, 0.2) is 42.5 Å². The maximum absolute atomic E-state index is 11.4. The van der Waals surface area contributed by atoms with Crippen molar-refractivity contribution in [2.75, 3.05) is 12.4 Å². The van der Waals surface area contributed by atoms with Gasteiger partial charge in [-0.3, -0.25) is 10.1 Å². The summed E-state index contributed by atoms with van der Waals surface area (Å²) in [6.45, 7) is 2.05. The van der Waals surface area contributed by atoms with E-state index in [9.17, 15) is 10.1 Å². The zero-order valence-electron chi connectivity index (χ0n) is 14.5. The molecule has 0 bridgehead atoms. The summed E-state index contributed by atoms with van der Waals surface area (Å²) >= 11 is 6.50. The lowest BCUT2D eigenvalue weighted by molar-refractivity contribution is -0.385. The Labute approximate surface area is 156 Å². The number of allylic oxidation sites excluding steroid dienone is 2. The highest BCUT2D eigenvalue weighted by molar-refractivity contribution is 6.32. The minimum atomic E-state index is -0.397. The number of nitrogens with one attached hydrogen (secondary N) is 1. The highest BCUT2D eigenvalue weighted by Crippen LogP contribution is 2.53. The van der Waals surface area contributed by atoms with Gasteiger partial charge in [-0.05, 0) is 42.5 Å². The molecular weight excluding hydrogens is 352 g/mol. The van der Waals surface area contributed by atoms with E-state index in [1.165, 1.54) is 7.11 Å². The molecule has 5 nitrogen and oxygen atoms in total. The lowest BCUT2D eigenvalue weighted by Gasteiger charge is -2.38. The van der Waals surface area contributed by atoms with Crippen LogP contribution in [0.4, 0.5) is 11.4 Å². The second-order valence-corrected chi connectivity index (χ2v) is 7.22. The minimum absolute atomic E-state index is 0.0112. The molecular formula is C20H19ClN2O3. The fourth-order valence-corrected chi connectivity index (χ4v) is 4.47. The van der Waals surface area contributed by atoms with Gasteiger partial charge < -0.3 is 10.1 Å². The third-order valence-electron chi connectivity index (χ3n) is 5.43. The lowest BCUT2D eigenvalue weighted by Crippen LogP contribution is -2.29. The van der Waals surface area contributed by atoms with Crippen LogP contribution in [-0.4, -0.2) is 12.0 Å². The van der Waals surface area contributed by atoms with Crippen molar-refractivity contribution in [3.05, 3.63) is 74.3 Å². The van der Waals surface area contributed by atoms with Gasteiger partial charge in [-0.25, -0.2) is 0 Å². The predicted molar refractivity (Wildman–Crippen MR) is 102 cm³/mol. The summed E-state index contributed by atoms with van der Waals surface area (Å²) < 4.78 is 5.13. The number of benzene rings is 2. The fourth-order valence-electron chi connectivity index (χ4n) is 4.18. The van der Waals surface area contributed by atoms with Gasteiger partial charge >= 0.3 is 5.69 Å². The summed E-state index contributed by atoms with van der Waals surface area (Å²) in [6.07, 6.45) is 5.29. The van der Waals surface area contributed by atoms with Crippen LogP contribution in [0, 0.1) is 23.0 Å². The van der Waals surface area contributed by atoms with Gasteiger partial charge in [-0.15, -0.1) is 0 Å². The SMILES string of the molecule is COc1ccc(C2Nc3c(C)ccc(Cl)c3C3C=CCC32)cc1[N+](=O)[O-]. The largest absolute Gasteiger partial charge is 0.490 e. The number of hydrogen-bond donors (Lipinski definition) is 1. The van der Waals surface area contributed by atoms with Gasteiger partial charge in [0, 0.05) is 28.3 Å². The van der Waals surface area contributed by atoms with Crippen LogP contribution < -0.4 is 10.1 Å². The molecule has 1 heterocycles. The van der Waals surface area contributed by atoms with Crippen LogP contribution in [-0.2, 0) is 0 Å². The smallest absolute Gasteiger partial charge is 0.311 e. The van der Waals surface area contributed by atoms with Gasteiger partial charge in [-0.2, -0.15) is 0 Å². The Balaban J connectivity index is 1.83. The Kier molecular flexibility index (Phi) is 4.11. The Morgan fingerprint density at radius 3 is 2.85 bits per heavy atom. The molecule has 1 aliphatic carbocycles. The summed E-state index contributed by atoms with van der Waals surface area (Å²) in [5.74, 6) is 0.759. The summed E-state index contributed by atoms with van der Waals surface area (Å²) in [6, 6.07) is 9.12. The number of nitro benzene ring substituents is 1. The monoisotopic (exact) mass is 370 g/mol. The van der Waals surface area contributed by atoms with E-state index >= 15 is 0 Å². The highest BCUT2D eigenvalue weighted by atomic mass is 35.5. The Morgan fingerprint density at radius 2 is 2.12 bits per heavy atom. The number of ether oxygens (including phenoxy) is 1. The average Bonchev–Trinajstić information content (AvgIpc) is 3.13. The standard InChI is InChI=1S/C20H19ClN2O3/c1-11-6-8-15(21)18-13-4-3-5-14(13)20(22-19(11)18)12-7-9-17(26-2)16(10-12)23(24)25/h3-4,6-10,13-14,20,22H,5H2,1-2H3. The summed E-state index contributed by atoms with van der Waals surface area (Å²) in [7, 11) is 1.44. The molecule has 0 spiro atoms. The van der Waals surface area contributed by atoms with E-state index in [-0.39, 0.29) is 29.3 Å². The van der Waals surface area contributed by atoms with Crippen molar-refractivity contribution < 1.29 is 9.66 Å². The second kappa shape index (κ2) is 6.32. The van der Waals surface area contributed by atoms with Crippen molar-refractivity contribution in [2.24, 2.45) is 5.92 Å². The normalized spacial score (nSPS) is 23.1. The topological polar surface area (TPSA) is 64.4 Å². The third-order valence-corrected chi connectivity index (χ3v) is 5.76. The molecule has 26 heavy (non-hydrogen) atoms. The quantitative estimate of drug-likeness (QED) is 0.447. The van der Waals surface area contributed by atoms with Crippen molar-refractivity contribution in [1.82, 2.24) is 0 Å². The number of rotatable bonds is 3. The van der Waals surface area contributed by atoms with E-state index in [4.69, 9.17) is 16.3 Å². The number of anilines is 1. The molecule has 0 aromatic heterocycles. The molecule has 0 saturated heterocycles. The van der Waals surface area contributed by atoms with E-state index in [0.717, 1.165) is 33.8 Å². The Morgan fingerprint density at radius 1 is 1.31 bits per heavy atom. The van der Waals surface area contributed by atoms with Crippen molar-refractivity contribution in [2.45, 2.75) is 25.3 Å². The number of nitro groups is 1. The maximum Gasteiger partial charge on any atom is 0.311 e. The number of halogens is 1. The first-order valence-electron chi connectivity index (χ1n) is 8.55. The van der Waals surface area contributed by atoms with E-state index in [1.807, 2.05) is 18.2 Å². The van der Waals surface area contributed by atoms with Crippen LogP contribution in [0.3, 0.4) is 0 Å². The number of aryl methyl sites for hydroxylation is 1. The zero-order valence-corrected chi connectivity index (χ0v) is 15.3. The number of methoxy groups -OCH3 is 1. The molecule has 3 atom stereocenters. The molecule has 0 saturated carbocycles. The van der Waals surface area contributed by atoms with Crippen molar-refractivity contribution in [1.29, 1.82) is 0 Å². The predicted octanol–water partition coefficient (Wildman–Crippen LogP) is 5.39. The summed E-state index contributed by atoms with van der Waals surface area (Å²) in [4.78, 5) is 11.0. The first-order valence-corrected chi connectivity index (χ1v) is 8.93.